The number of benzene rings is 3. The molecule has 5 rings (SSSR count). The molecule has 0 saturated carbocycles. The van der Waals surface area contributed by atoms with Crippen LogP contribution >= 0.6 is 11.8 Å². The highest BCUT2D eigenvalue weighted by molar-refractivity contribution is 8.15. The lowest BCUT2D eigenvalue weighted by Crippen LogP contribution is -2.31. The second-order valence-corrected chi connectivity index (χ2v) is 10.3. The van der Waals surface area contributed by atoms with Crippen molar-refractivity contribution in [1.29, 1.82) is 0 Å². The Morgan fingerprint density at radius 1 is 1.07 bits per heavy atom. The molecule has 1 N–H and O–H groups in total. The number of aromatic nitrogens is 3. The molecule has 3 amide bonds. The minimum absolute atomic E-state index is 0.00638. The van der Waals surface area contributed by atoms with Gasteiger partial charge in [0.25, 0.3) is 0 Å². The minimum atomic E-state index is -4.78. The van der Waals surface area contributed by atoms with Crippen LogP contribution in [-0.4, -0.2) is 44.0 Å². The van der Waals surface area contributed by atoms with Crippen LogP contribution in [0.15, 0.2) is 78.0 Å². The standard InChI is InChI=1S/C28H22F4N6O3S/c1-16(2)22-12-5-18(29)13-23(22)38-24(39)14-42-27(38)35-26(40)34-19-6-3-17(4-7-19)25-33-15-37(36-25)20-8-10-21(11-9-20)41-28(30,31)32/h3-13,15-16H,14H2,1-2H3,(H,34,40)/b35-27-. The van der Waals surface area contributed by atoms with Crippen molar-refractivity contribution in [2.45, 2.75) is 26.1 Å². The summed E-state index contributed by atoms with van der Waals surface area (Å²) >= 11 is 1.09. The smallest absolute Gasteiger partial charge is 0.406 e. The van der Waals surface area contributed by atoms with Crippen molar-refractivity contribution < 1.29 is 31.9 Å². The monoisotopic (exact) mass is 598 g/mol. The molecule has 0 radical (unpaired) electrons. The molecule has 4 aromatic rings. The van der Waals surface area contributed by atoms with E-state index in [2.05, 4.69) is 25.1 Å². The molecule has 1 aliphatic rings. The Morgan fingerprint density at radius 2 is 1.79 bits per heavy atom. The van der Waals surface area contributed by atoms with Gasteiger partial charge in [0, 0.05) is 11.3 Å². The zero-order chi connectivity index (χ0) is 30.0. The van der Waals surface area contributed by atoms with Gasteiger partial charge >= 0.3 is 12.4 Å². The summed E-state index contributed by atoms with van der Waals surface area (Å²) < 4.78 is 56.5. The van der Waals surface area contributed by atoms with E-state index in [-0.39, 0.29) is 28.5 Å². The molecule has 42 heavy (non-hydrogen) atoms. The van der Waals surface area contributed by atoms with E-state index < -0.39 is 18.2 Å². The van der Waals surface area contributed by atoms with E-state index >= 15 is 0 Å². The van der Waals surface area contributed by atoms with E-state index in [0.29, 0.717) is 28.5 Å². The zero-order valence-electron chi connectivity index (χ0n) is 22.1. The highest BCUT2D eigenvalue weighted by atomic mass is 32.2. The molecule has 1 fully saturated rings. The van der Waals surface area contributed by atoms with Crippen LogP contribution in [0.4, 0.5) is 33.7 Å². The van der Waals surface area contributed by atoms with Gasteiger partial charge in [-0.3, -0.25) is 9.69 Å². The Morgan fingerprint density at radius 3 is 2.45 bits per heavy atom. The van der Waals surface area contributed by atoms with Crippen LogP contribution in [0, 0.1) is 5.82 Å². The molecule has 1 saturated heterocycles. The van der Waals surface area contributed by atoms with Gasteiger partial charge in [-0.1, -0.05) is 31.7 Å². The van der Waals surface area contributed by atoms with Gasteiger partial charge in [-0.15, -0.1) is 18.3 Å². The van der Waals surface area contributed by atoms with Crippen LogP contribution in [0.1, 0.15) is 25.3 Å². The molecule has 0 aliphatic carbocycles. The van der Waals surface area contributed by atoms with Crippen LogP contribution in [0.5, 0.6) is 5.75 Å². The molecule has 0 bridgehead atoms. The van der Waals surface area contributed by atoms with E-state index in [0.717, 1.165) is 17.3 Å². The SMILES string of the molecule is CC(C)c1ccc(F)cc1N1C(=O)CS/C1=N\C(=O)Nc1ccc(-c2ncn(-c3ccc(OC(F)(F)F)cc3)n2)cc1. The third-order valence-corrected chi connectivity index (χ3v) is 6.96. The summed E-state index contributed by atoms with van der Waals surface area (Å²) in [6, 6.07) is 15.2. The summed E-state index contributed by atoms with van der Waals surface area (Å²) in [6.45, 7) is 3.85. The molecule has 1 aliphatic heterocycles. The predicted molar refractivity (Wildman–Crippen MR) is 150 cm³/mol. The number of carbonyl (C=O) groups is 2. The summed E-state index contributed by atoms with van der Waals surface area (Å²) in [4.78, 5) is 35.0. The Labute approximate surface area is 241 Å². The first-order chi connectivity index (χ1) is 20.0. The van der Waals surface area contributed by atoms with Gasteiger partial charge in [0.1, 0.15) is 17.9 Å². The first-order valence-corrected chi connectivity index (χ1v) is 13.5. The second-order valence-electron chi connectivity index (χ2n) is 9.33. The number of hydrogen-bond acceptors (Lipinski definition) is 6. The lowest BCUT2D eigenvalue weighted by Gasteiger charge is -2.21. The molecular weight excluding hydrogens is 576 g/mol. The van der Waals surface area contributed by atoms with Crippen molar-refractivity contribution in [3.8, 4) is 22.8 Å². The normalized spacial score (nSPS) is 14.6. The fourth-order valence-corrected chi connectivity index (χ4v) is 5.00. The summed E-state index contributed by atoms with van der Waals surface area (Å²) in [5, 5.41) is 7.14. The number of alkyl halides is 3. The number of nitrogens with zero attached hydrogens (tertiary/aromatic N) is 5. The number of carbonyl (C=O) groups excluding carboxylic acids is 2. The Kier molecular flexibility index (Phi) is 7.98. The van der Waals surface area contributed by atoms with Gasteiger partial charge < -0.3 is 10.1 Å². The zero-order valence-corrected chi connectivity index (χ0v) is 22.9. The van der Waals surface area contributed by atoms with Crippen LogP contribution in [0.3, 0.4) is 0 Å². The van der Waals surface area contributed by atoms with Crippen LogP contribution in [-0.2, 0) is 4.79 Å². The fourth-order valence-electron chi connectivity index (χ4n) is 4.14. The molecule has 2 heterocycles. The highest BCUT2D eigenvalue weighted by Gasteiger charge is 2.33. The molecule has 216 valence electrons. The number of hydrogen-bond donors (Lipinski definition) is 1. The molecule has 0 spiro atoms. The Bertz CT molecular complexity index is 1650. The van der Waals surface area contributed by atoms with Crippen molar-refractivity contribution >= 4 is 40.2 Å². The molecular formula is C28H22F4N6O3S. The molecule has 14 heteroatoms. The average molecular weight is 599 g/mol. The minimum Gasteiger partial charge on any atom is -0.406 e. The number of anilines is 2. The predicted octanol–water partition coefficient (Wildman–Crippen LogP) is 6.76. The number of halogens is 4. The fraction of sp³-hybridized carbons (Fsp3) is 0.179. The number of urea groups is 1. The van der Waals surface area contributed by atoms with Crippen molar-refractivity contribution in [1.82, 2.24) is 14.8 Å². The van der Waals surface area contributed by atoms with E-state index in [1.807, 2.05) is 13.8 Å². The highest BCUT2D eigenvalue weighted by Crippen LogP contribution is 2.34. The largest absolute Gasteiger partial charge is 0.573 e. The number of ether oxygens (including phenoxy) is 1. The Balaban J connectivity index is 1.27. The maximum Gasteiger partial charge on any atom is 0.573 e. The molecule has 0 unspecified atom stereocenters. The first-order valence-electron chi connectivity index (χ1n) is 12.5. The maximum atomic E-state index is 14.1. The van der Waals surface area contributed by atoms with Gasteiger partial charge in [-0.05, 0) is 72.1 Å². The van der Waals surface area contributed by atoms with Gasteiger partial charge in [0.15, 0.2) is 11.0 Å². The van der Waals surface area contributed by atoms with E-state index in [1.165, 1.54) is 52.3 Å². The van der Waals surface area contributed by atoms with Gasteiger partial charge in [-0.2, -0.15) is 4.99 Å². The molecule has 0 atom stereocenters. The van der Waals surface area contributed by atoms with Crippen LogP contribution in [0.25, 0.3) is 17.1 Å². The number of nitrogens with one attached hydrogen (secondary N) is 1. The van der Waals surface area contributed by atoms with E-state index in [9.17, 15) is 27.2 Å². The first kappa shape index (κ1) is 28.8. The Hall–Kier alpha value is -4.72. The summed E-state index contributed by atoms with van der Waals surface area (Å²) in [7, 11) is 0. The van der Waals surface area contributed by atoms with Crippen molar-refractivity contribution in [2.75, 3.05) is 16.0 Å². The quantitative estimate of drug-likeness (QED) is 0.246. The second kappa shape index (κ2) is 11.6. The van der Waals surface area contributed by atoms with Crippen molar-refractivity contribution in [3.05, 3.63) is 84.4 Å². The number of amides is 3. The lowest BCUT2D eigenvalue weighted by atomic mass is 10.0. The molecule has 3 aromatic carbocycles. The van der Waals surface area contributed by atoms with E-state index in [1.54, 1.807) is 30.3 Å². The average Bonchev–Trinajstić information content (AvgIpc) is 3.55. The molecule has 9 nitrogen and oxygen atoms in total. The molecule has 1 aromatic heterocycles. The van der Waals surface area contributed by atoms with Crippen molar-refractivity contribution in [2.24, 2.45) is 4.99 Å². The number of amidine groups is 1. The summed E-state index contributed by atoms with van der Waals surface area (Å²) in [5.74, 6) is -0.741. The summed E-state index contributed by atoms with van der Waals surface area (Å²) in [5.41, 5.74) is 2.61. The van der Waals surface area contributed by atoms with Crippen LogP contribution in [0.2, 0.25) is 0 Å². The topological polar surface area (TPSA) is 102 Å². The van der Waals surface area contributed by atoms with E-state index in [4.69, 9.17) is 0 Å². The summed E-state index contributed by atoms with van der Waals surface area (Å²) in [6.07, 6.45) is -3.37. The number of rotatable bonds is 6. The lowest BCUT2D eigenvalue weighted by molar-refractivity contribution is -0.274. The van der Waals surface area contributed by atoms with Gasteiger partial charge in [0.2, 0.25) is 5.91 Å². The maximum absolute atomic E-state index is 14.1. The van der Waals surface area contributed by atoms with Crippen molar-refractivity contribution in [3.63, 3.8) is 0 Å². The third kappa shape index (κ3) is 6.60. The van der Waals surface area contributed by atoms with Gasteiger partial charge in [-0.25, -0.2) is 18.9 Å². The van der Waals surface area contributed by atoms with Crippen LogP contribution < -0.4 is 15.0 Å². The number of aliphatic imine (C=N–C) groups is 1. The number of thioether (sulfide) groups is 1. The van der Waals surface area contributed by atoms with Gasteiger partial charge in [0.05, 0.1) is 17.1 Å². The third-order valence-electron chi connectivity index (χ3n) is 6.04.